The van der Waals surface area contributed by atoms with Crippen molar-refractivity contribution in [3.63, 3.8) is 0 Å². The Kier molecular flexibility index (Phi) is 6.98. The first-order valence-corrected chi connectivity index (χ1v) is 7.49. The second-order valence-corrected chi connectivity index (χ2v) is 5.82. The molecular weight excluding hydrogens is 362 g/mol. The molecule has 0 fully saturated rings. The van der Waals surface area contributed by atoms with Crippen molar-refractivity contribution < 1.29 is 19.1 Å². The lowest BCUT2D eigenvalue weighted by Gasteiger charge is -2.18. The molecule has 116 valence electrons. The van der Waals surface area contributed by atoms with Crippen LogP contribution in [0, 0.1) is 0 Å². The van der Waals surface area contributed by atoms with Crippen LogP contribution in [-0.4, -0.2) is 31.1 Å². The van der Waals surface area contributed by atoms with E-state index in [4.69, 9.17) is 16.3 Å². The van der Waals surface area contributed by atoms with Gasteiger partial charge < -0.3 is 14.8 Å². The molecular formula is C14H17BrClNO4. The normalized spacial score (nSPS) is 13.2. The zero-order chi connectivity index (χ0) is 16.0. The first-order valence-electron chi connectivity index (χ1n) is 6.32. The number of hydrogen-bond donors (Lipinski definition) is 1. The zero-order valence-electron chi connectivity index (χ0n) is 12.0. The van der Waals surface area contributed by atoms with Crippen molar-refractivity contribution in [3.05, 3.63) is 27.7 Å². The Hall–Kier alpha value is -1.27. The number of nitrogens with one attached hydrogen (secondary N) is 1. The minimum Gasteiger partial charge on any atom is -0.480 e. The summed E-state index contributed by atoms with van der Waals surface area (Å²) in [5, 5.41) is 3.26. The summed E-state index contributed by atoms with van der Waals surface area (Å²) in [6.07, 6.45) is -0.595. The number of rotatable bonds is 6. The van der Waals surface area contributed by atoms with Gasteiger partial charge in [-0.25, -0.2) is 0 Å². The van der Waals surface area contributed by atoms with Crippen LogP contribution in [0.5, 0.6) is 5.75 Å². The molecule has 0 saturated heterocycles. The van der Waals surface area contributed by atoms with Gasteiger partial charge in [0.2, 0.25) is 0 Å². The van der Waals surface area contributed by atoms with Crippen molar-refractivity contribution in [1.82, 2.24) is 5.32 Å². The number of carbonyl (C=O) groups excluding carboxylic acids is 2. The third kappa shape index (κ3) is 5.93. The third-order valence-electron chi connectivity index (χ3n) is 2.66. The molecule has 1 amide bonds. The maximum atomic E-state index is 12.0. The predicted molar refractivity (Wildman–Crippen MR) is 83.5 cm³/mol. The van der Waals surface area contributed by atoms with E-state index in [1.165, 1.54) is 7.11 Å². The molecule has 0 saturated carbocycles. The molecule has 0 heterocycles. The van der Waals surface area contributed by atoms with Gasteiger partial charge in [-0.05, 0) is 48.0 Å². The van der Waals surface area contributed by atoms with E-state index >= 15 is 0 Å². The molecule has 1 N–H and O–H groups in total. The molecule has 1 aromatic carbocycles. The summed E-state index contributed by atoms with van der Waals surface area (Å²) < 4.78 is 10.8. The number of esters is 1. The van der Waals surface area contributed by atoms with Crippen LogP contribution in [0.25, 0.3) is 0 Å². The number of ether oxygens (including phenoxy) is 2. The Morgan fingerprint density at radius 2 is 2.05 bits per heavy atom. The third-order valence-corrected chi connectivity index (χ3v) is 3.51. The molecule has 5 nitrogen and oxygen atoms in total. The number of benzene rings is 1. The Bertz CT molecular complexity index is 524. The van der Waals surface area contributed by atoms with Crippen molar-refractivity contribution >= 4 is 39.4 Å². The van der Waals surface area contributed by atoms with E-state index < -0.39 is 6.10 Å². The molecule has 0 radical (unpaired) electrons. The SMILES string of the molecule is COC(=O)CC(C)NC(=O)C(C)Oc1ccc(Cl)cc1Br. The monoisotopic (exact) mass is 377 g/mol. The van der Waals surface area contributed by atoms with E-state index in [9.17, 15) is 9.59 Å². The minimum atomic E-state index is -0.706. The quantitative estimate of drug-likeness (QED) is 0.773. The van der Waals surface area contributed by atoms with Crippen LogP contribution in [-0.2, 0) is 14.3 Å². The molecule has 0 aromatic heterocycles. The fourth-order valence-corrected chi connectivity index (χ4v) is 2.34. The van der Waals surface area contributed by atoms with E-state index in [1.54, 1.807) is 32.0 Å². The largest absolute Gasteiger partial charge is 0.480 e. The predicted octanol–water partition coefficient (Wildman–Crippen LogP) is 2.94. The lowest BCUT2D eigenvalue weighted by atomic mass is 10.2. The maximum Gasteiger partial charge on any atom is 0.307 e. The van der Waals surface area contributed by atoms with Crippen molar-refractivity contribution in [3.8, 4) is 5.75 Å². The van der Waals surface area contributed by atoms with Crippen LogP contribution in [0.4, 0.5) is 0 Å². The van der Waals surface area contributed by atoms with Gasteiger partial charge in [0.05, 0.1) is 18.0 Å². The standard InChI is InChI=1S/C14H17BrClNO4/c1-8(6-13(18)20-3)17-14(19)9(2)21-12-5-4-10(16)7-11(12)15/h4-5,7-9H,6H2,1-3H3,(H,17,19). The number of halogens is 2. The Balaban J connectivity index is 2.56. The fourth-order valence-electron chi connectivity index (χ4n) is 1.56. The Morgan fingerprint density at radius 1 is 1.38 bits per heavy atom. The van der Waals surface area contributed by atoms with E-state index in [2.05, 4.69) is 26.0 Å². The second kappa shape index (κ2) is 8.24. The molecule has 0 bridgehead atoms. The molecule has 2 unspecified atom stereocenters. The highest BCUT2D eigenvalue weighted by Crippen LogP contribution is 2.28. The van der Waals surface area contributed by atoms with Crippen LogP contribution < -0.4 is 10.1 Å². The van der Waals surface area contributed by atoms with Crippen molar-refractivity contribution in [1.29, 1.82) is 0 Å². The van der Waals surface area contributed by atoms with Crippen LogP contribution in [0.15, 0.2) is 22.7 Å². The van der Waals surface area contributed by atoms with Gasteiger partial charge in [0.1, 0.15) is 5.75 Å². The van der Waals surface area contributed by atoms with Gasteiger partial charge in [0.15, 0.2) is 6.10 Å². The molecule has 2 atom stereocenters. The van der Waals surface area contributed by atoms with Crippen LogP contribution in [0.3, 0.4) is 0 Å². The van der Waals surface area contributed by atoms with Crippen LogP contribution >= 0.6 is 27.5 Å². The molecule has 0 spiro atoms. The highest BCUT2D eigenvalue weighted by Gasteiger charge is 2.19. The van der Waals surface area contributed by atoms with Gasteiger partial charge >= 0.3 is 5.97 Å². The zero-order valence-corrected chi connectivity index (χ0v) is 14.3. The number of carbonyl (C=O) groups is 2. The molecule has 0 aliphatic carbocycles. The summed E-state index contributed by atoms with van der Waals surface area (Å²) in [5.74, 6) is -0.173. The van der Waals surface area contributed by atoms with Crippen LogP contribution in [0.1, 0.15) is 20.3 Å². The van der Waals surface area contributed by atoms with Gasteiger partial charge in [-0.1, -0.05) is 11.6 Å². The van der Waals surface area contributed by atoms with Gasteiger partial charge in [-0.15, -0.1) is 0 Å². The Labute approximate surface area is 137 Å². The lowest BCUT2D eigenvalue weighted by Crippen LogP contribution is -2.42. The fraction of sp³-hybridized carbons (Fsp3) is 0.429. The summed E-state index contributed by atoms with van der Waals surface area (Å²) >= 11 is 9.15. The molecule has 0 aliphatic rings. The average molecular weight is 379 g/mol. The van der Waals surface area contributed by atoms with Gasteiger partial charge in [-0.2, -0.15) is 0 Å². The summed E-state index contributed by atoms with van der Waals surface area (Å²) in [4.78, 5) is 23.1. The van der Waals surface area contributed by atoms with Gasteiger partial charge in [-0.3, -0.25) is 9.59 Å². The first kappa shape index (κ1) is 17.8. The van der Waals surface area contributed by atoms with E-state index in [1.807, 2.05) is 0 Å². The number of hydrogen-bond acceptors (Lipinski definition) is 4. The van der Waals surface area contributed by atoms with Crippen molar-refractivity contribution in [2.45, 2.75) is 32.4 Å². The van der Waals surface area contributed by atoms with E-state index in [0.717, 1.165) is 0 Å². The molecule has 1 aromatic rings. The summed E-state index contributed by atoms with van der Waals surface area (Å²) in [6.45, 7) is 3.35. The van der Waals surface area contributed by atoms with E-state index in [-0.39, 0.29) is 24.3 Å². The second-order valence-electron chi connectivity index (χ2n) is 4.52. The summed E-state index contributed by atoms with van der Waals surface area (Å²) in [5.41, 5.74) is 0. The number of methoxy groups -OCH3 is 1. The topological polar surface area (TPSA) is 64.6 Å². The molecule has 7 heteroatoms. The highest BCUT2D eigenvalue weighted by atomic mass is 79.9. The highest BCUT2D eigenvalue weighted by molar-refractivity contribution is 9.10. The van der Waals surface area contributed by atoms with Gasteiger partial charge in [0.25, 0.3) is 5.91 Å². The smallest absolute Gasteiger partial charge is 0.307 e. The first-order chi connectivity index (χ1) is 9.83. The minimum absolute atomic E-state index is 0.111. The van der Waals surface area contributed by atoms with Crippen molar-refractivity contribution in [2.24, 2.45) is 0 Å². The maximum absolute atomic E-state index is 12.0. The summed E-state index contributed by atoms with van der Waals surface area (Å²) in [6, 6.07) is 4.70. The van der Waals surface area contributed by atoms with Crippen LogP contribution in [0.2, 0.25) is 5.02 Å². The summed E-state index contributed by atoms with van der Waals surface area (Å²) in [7, 11) is 1.31. The van der Waals surface area contributed by atoms with Crippen molar-refractivity contribution in [2.75, 3.05) is 7.11 Å². The average Bonchev–Trinajstić information content (AvgIpc) is 2.41. The lowest BCUT2D eigenvalue weighted by molar-refractivity contribution is -0.141. The Morgan fingerprint density at radius 3 is 2.62 bits per heavy atom. The molecule has 21 heavy (non-hydrogen) atoms. The number of amides is 1. The van der Waals surface area contributed by atoms with E-state index in [0.29, 0.717) is 15.2 Å². The molecule has 0 aliphatic heterocycles. The van der Waals surface area contributed by atoms with Gasteiger partial charge in [0, 0.05) is 11.1 Å². The molecule has 1 rings (SSSR count).